The van der Waals surface area contributed by atoms with Gasteiger partial charge in [-0.2, -0.15) is 0 Å². The molecular formula is C18H15F2NO2. The lowest BCUT2D eigenvalue weighted by Crippen LogP contribution is -1.94. The van der Waals surface area contributed by atoms with Gasteiger partial charge in [-0.1, -0.05) is 23.4 Å². The van der Waals surface area contributed by atoms with Crippen LogP contribution in [0.5, 0.6) is 0 Å². The molecule has 1 heterocycles. The van der Waals surface area contributed by atoms with E-state index in [0.29, 0.717) is 11.3 Å². The predicted molar refractivity (Wildman–Crippen MR) is 82.7 cm³/mol. The van der Waals surface area contributed by atoms with E-state index in [1.54, 1.807) is 0 Å². The summed E-state index contributed by atoms with van der Waals surface area (Å²) in [6.07, 6.45) is 0. The summed E-state index contributed by atoms with van der Waals surface area (Å²) in [4.78, 5) is 0. The summed E-state index contributed by atoms with van der Waals surface area (Å²) in [5.41, 5.74) is 3.11. The molecule has 1 aromatic heterocycles. The van der Waals surface area contributed by atoms with E-state index in [0.717, 1.165) is 34.9 Å². The van der Waals surface area contributed by atoms with Gasteiger partial charge in [0.05, 0.1) is 12.2 Å². The van der Waals surface area contributed by atoms with Gasteiger partial charge in [0, 0.05) is 11.1 Å². The standard InChI is InChI=1S/C18H15F2NO2/c1-10-4-3-5-11(2)16(10)18-14(9-22)17(21-23-18)13-8-12(19)6-7-15(13)20/h3-8,22H,9H2,1-2H3. The second-order valence-corrected chi connectivity index (χ2v) is 5.39. The summed E-state index contributed by atoms with van der Waals surface area (Å²) in [6, 6.07) is 8.84. The molecule has 0 fully saturated rings. The topological polar surface area (TPSA) is 46.3 Å². The SMILES string of the molecule is Cc1cccc(C)c1-c1onc(-c2cc(F)ccc2F)c1CO. The first kappa shape index (κ1) is 15.4. The lowest BCUT2D eigenvalue weighted by atomic mass is 9.96. The van der Waals surface area contributed by atoms with E-state index < -0.39 is 18.2 Å². The first-order valence-corrected chi connectivity index (χ1v) is 7.14. The Morgan fingerprint density at radius 2 is 1.78 bits per heavy atom. The zero-order valence-corrected chi connectivity index (χ0v) is 12.7. The molecule has 0 unspecified atom stereocenters. The number of nitrogens with zero attached hydrogens (tertiary/aromatic N) is 1. The van der Waals surface area contributed by atoms with Crippen molar-refractivity contribution < 1.29 is 18.4 Å². The molecule has 1 N–H and O–H groups in total. The van der Waals surface area contributed by atoms with Gasteiger partial charge in [0.25, 0.3) is 0 Å². The number of rotatable bonds is 3. The number of aliphatic hydroxyl groups excluding tert-OH is 1. The van der Waals surface area contributed by atoms with Gasteiger partial charge in [0.15, 0.2) is 5.76 Å². The van der Waals surface area contributed by atoms with Crippen LogP contribution in [0.2, 0.25) is 0 Å². The Kier molecular flexibility index (Phi) is 3.96. The molecule has 0 radical (unpaired) electrons. The Bertz CT molecular complexity index is 851. The molecule has 0 aliphatic rings. The van der Waals surface area contributed by atoms with Crippen molar-refractivity contribution in [1.29, 1.82) is 0 Å². The minimum Gasteiger partial charge on any atom is -0.391 e. The van der Waals surface area contributed by atoms with Crippen molar-refractivity contribution in [1.82, 2.24) is 5.16 Å². The van der Waals surface area contributed by atoms with Crippen LogP contribution in [0.4, 0.5) is 8.78 Å². The number of benzene rings is 2. The van der Waals surface area contributed by atoms with E-state index in [-0.39, 0.29) is 11.3 Å². The number of aliphatic hydroxyl groups is 1. The molecule has 0 bridgehead atoms. The second kappa shape index (κ2) is 5.93. The summed E-state index contributed by atoms with van der Waals surface area (Å²) < 4.78 is 32.8. The maximum Gasteiger partial charge on any atom is 0.173 e. The molecular weight excluding hydrogens is 300 g/mol. The number of hydrogen-bond acceptors (Lipinski definition) is 3. The maximum atomic E-state index is 14.0. The molecule has 0 spiro atoms. The molecule has 3 aromatic rings. The van der Waals surface area contributed by atoms with E-state index in [2.05, 4.69) is 5.16 Å². The van der Waals surface area contributed by atoms with Crippen molar-refractivity contribution in [2.24, 2.45) is 0 Å². The molecule has 23 heavy (non-hydrogen) atoms. The van der Waals surface area contributed by atoms with Gasteiger partial charge >= 0.3 is 0 Å². The van der Waals surface area contributed by atoms with E-state index >= 15 is 0 Å². The normalized spacial score (nSPS) is 11.0. The third-order valence-electron chi connectivity index (χ3n) is 3.84. The molecule has 0 aliphatic heterocycles. The van der Waals surface area contributed by atoms with Crippen molar-refractivity contribution in [3.8, 4) is 22.6 Å². The van der Waals surface area contributed by atoms with Crippen LogP contribution in [-0.4, -0.2) is 10.3 Å². The molecule has 5 heteroatoms. The van der Waals surface area contributed by atoms with Crippen LogP contribution < -0.4 is 0 Å². The lowest BCUT2D eigenvalue weighted by molar-refractivity contribution is 0.281. The maximum absolute atomic E-state index is 14.0. The number of halogens is 2. The Morgan fingerprint density at radius 1 is 1.09 bits per heavy atom. The highest BCUT2D eigenvalue weighted by atomic mass is 19.1. The van der Waals surface area contributed by atoms with E-state index in [1.165, 1.54) is 0 Å². The van der Waals surface area contributed by atoms with Crippen LogP contribution in [0.15, 0.2) is 40.9 Å². The Balaban J connectivity index is 2.24. The fourth-order valence-electron chi connectivity index (χ4n) is 2.72. The predicted octanol–water partition coefficient (Wildman–Crippen LogP) is 4.40. The molecule has 0 amide bonds. The van der Waals surface area contributed by atoms with Gasteiger partial charge in [-0.05, 0) is 43.2 Å². The summed E-state index contributed by atoms with van der Waals surface area (Å²) in [6.45, 7) is 3.43. The first-order chi connectivity index (χ1) is 11.0. The Labute approximate surface area is 132 Å². The third kappa shape index (κ3) is 2.64. The highest BCUT2D eigenvalue weighted by Gasteiger charge is 2.23. The summed E-state index contributed by atoms with van der Waals surface area (Å²) >= 11 is 0. The number of hydrogen-bond donors (Lipinski definition) is 1. The van der Waals surface area contributed by atoms with E-state index in [1.807, 2.05) is 32.0 Å². The van der Waals surface area contributed by atoms with Crippen LogP contribution in [0.1, 0.15) is 16.7 Å². The van der Waals surface area contributed by atoms with Gasteiger partial charge < -0.3 is 9.63 Å². The van der Waals surface area contributed by atoms with Crippen LogP contribution in [0.25, 0.3) is 22.6 Å². The quantitative estimate of drug-likeness (QED) is 0.779. The molecule has 0 saturated heterocycles. The van der Waals surface area contributed by atoms with Gasteiger partial charge in [-0.3, -0.25) is 0 Å². The lowest BCUT2D eigenvalue weighted by Gasteiger charge is -2.08. The van der Waals surface area contributed by atoms with Gasteiger partial charge in [0.2, 0.25) is 0 Å². The molecule has 2 aromatic carbocycles. The van der Waals surface area contributed by atoms with Crippen molar-refractivity contribution in [3.05, 3.63) is 64.7 Å². The first-order valence-electron chi connectivity index (χ1n) is 7.14. The molecule has 0 aliphatic carbocycles. The molecule has 0 saturated carbocycles. The smallest absolute Gasteiger partial charge is 0.173 e. The Hall–Kier alpha value is -2.53. The van der Waals surface area contributed by atoms with Gasteiger partial charge in [-0.15, -0.1) is 0 Å². The highest BCUT2D eigenvalue weighted by Crippen LogP contribution is 2.36. The third-order valence-corrected chi connectivity index (χ3v) is 3.84. The van der Waals surface area contributed by atoms with Crippen LogP contribution in [-0.2, 0) is 6.61 Å². The van der Waals surface area contributed by atoms with Gasteiger partial charge in [-0.25, -0.2) is 8.78 Å². The second-order valence-electron chi connectivity index (χ2n) is 5.39. The van der Waals surface area contributed by atoms with Gasteiger partial charge in [0.1, 0.15) is 17.3 Å². The van der Waals surface area contributed by atoms with Crippen LogP contribution in [0, 0.1) is 25.5 Å². The molecule has 3 rings (SSSR count). The minimum atomic E-state index is -0.623. The average Bonchev–Trinajstić information content (AvgIpc) is 2.93. The summed E-state index contributed by atoms with van der Waals surface area (Å²) in [5.74, 6) is -0.828. The van der Waals surface area contributed by atoms with Crippen LogP contribution in [0.3, 0.4) is 0 Å². The largest absolute Gasteiger partial charge is 0.391 e. The number of aryl methyl sites for hydroxylation is 2. The monoisotopic (exact) mass is 315 g/mol. The fraction of sp³-hybridized carbons (Fsp3) is 0.167. The highest BCUT2D eigenvalue weighted by molar-refractivity contribution is 5.76. The molecule has 118 valence electrons. The zero-order chi connectivity index (χ0) is 16.6. The van der Waals surface area contributed by atoms with Crippen molar-refractivity contribution in [2.45, 2.75) is 20.5 Å². The Morgan fingerprint density at radius 3 is 2.43 bits per heavy atom. The summed E-state index contributed by atoms with van der Waals surface area (Å²) in [7, 11) is 0. The summed E-state index contributed by atoms with van der Waals surface area (Å²) in [5, 5.41) is 13.6. The van der Waals surface area contributed by atoms with E-state index in [4.69, 9.17) is 4.52 Å². The fourth-order valence-corrected chi connectivity index (χ4v) is 2.72. The van der Waals surface area contributed by atoms with Crippen LogP contribution >= 0.6 is 0 Å². The minimum absolute atomic E-state index is 0.0321. The zero-order valence-electron chi connectivity index (χ0n) is 12.7. The molecule has 3 nitrogen and oxygen atoms in total. The average molecular weight is 315 g/mol. The van der Waals surface area contributed by atoms with Crippen molar-refractivity contribution >= 4 is 0 Å². The van der Waals surface area contributed by atoms with Crippen molar-refractivity contribution in [2.75, 3.05) is 0 Å². The van der Waals surface area contributed by atoms with E-state index in [9.17, 15) is 13.9 Å². The van der Waals surface area contributed by atoms with Crippen molar-refractivity contribution in [3.63, 3.8) is 0 Å². The molecule has 0 atom stereocenters. The number of aromatic nitrogens is 1.